The van der Waals surface area contributed by atoms with Gasteiger partial charge in [-0.2, -0.15) is 0 Å². The Hall–Kier alpha value is -3.80. The summed E-state index contributed by atoms with van der Waals surface area (Å²) < 4.78 is 13.5. The number of hydrogen-bond acceptors (Lipinski definition) is 4. The van der Waals surface area contributed by atoms with E-state index in [9.17, 15) is 4.79 Å². The van der Waals surface area contributed by atoms with Crippen molar-refractivity contribution in [3.05, 3.63) is 84.2 Å². The third kappa shape index (κ3) is 4.49. The van der Waals surface area contributed by atoms with Crippen molar-refractivity contribution in [2.45, 2.75) is 32.2 Å². The Morgan fingerprint density at radius 3 is 2.47 bits per heavy atom. The molecule has 5 rings (SSSR count). The first kappa shape index (κ1) is 22.0. The zero-order valence-electron chi connectivity index (χ0n) is 19.6. The zero-order valence-corrected chi connectivity index (χ0v) is 19.6. The van der Waals surface area contributed by atoms with Crippen LogP contribution in [0.1, 0.15) is 30.1 Å². The molecule has 6 heteroatoms. The molecule has 1 saturated heterocycles. The molecule has 1 fully saturated rings. The minimum Gasteiger partial charge on any atom is -0.497 e. The Kier molecular flexibility index (Phi) is 6.21. The number of carbonyl (C=O) groups excluding carboxylic acids is 1. The summed E-state index contributed by atoms with van der Waals surface area (Å²) in [6, 6.07) is 24.0. The fourth-order valence-corrected chi connectivity index (χ4v) is 4.58. The van der Waals surface area contributed by atoms with Crippen LogP contribution in [-0.2, 0) is 11.3 Å². The Labute approximate surface area is 199 Å². The van der Waals surface area contributed by atoms with Crippen molar-refractivity contribution >= 4 is 22.6 Å². The molecule has 0 saturated carbocycles. The maximum Gasteiger partial charge on any atom is 0.227 e. The summed E-state index contributed by atoms with van der Waals surface area (Å²) in [6.45, 7) is 4.10. The molecule has 2 heterocycles. The van der Waals surface area contributed by atoms with E-state index in [1.54, 1.807) is 7.11 Å². The third-order valence-electron chi connectivity index (χ3n) is 6.37. The van der Waals surface area contributed by atoms with Crippen molar-refractivity contribution in [1.29, 1.82) is 0 Å². The highest BCUT2D eigenvalue weighted by Crippen LogP contribution is 2.34. The molecule has 1 unspecified atom stereocenters. The van der Waals surface area contributed by atoms with Gasteiger partial charge in [-0.25, -0.2) is 4.98 Å². The van der Waals surface area contributed by atoms with Crippen LogP contribution in [0.25, 0.3) is 11.0 Å². The minimum atomic E-state index is 0.0417. The highest BCUT2D eigenvalue weighted by molar-refractivity contribution is 5.96. The van der Waals surface area contributed by atoms with E-state index in [0.29, 0.717) is 19.6 Å². The van der Waals surface area contributed by atoms with Crippen molar-refractivity contribution in [1.82, 2.24) is 9.55 Å². The standard InChI is InChI=1S/C28H29N3O3/c1-20-8-12-24(13-9-20)34-17-5-16-30-26-7-4-3-6-25(26)29-28(30)21-18-27(32)31(19-21)22-10-14-23(33-2)15-11-22/h3-4,6-15,21H,5,16-19H2,1-2H3. The number of hydrogen-bond donors (Lipinski definition) is 0. The maximum atomic E-state index is 12.9. The van der Waals surface area contributed by atoms with E-state index in [-0.39, 0.29) is 11.8 Å². The second kappa shape index (κ2) is 9.59. The highest BCUT2D eigenvalue weighted by Gasteiger charge is 2.34. The van der Waals surface area contributed by atoms with Crippen molar-refractivity contribution < 1.29 is 14.3 Å². The summed E-state index contributed by atoms with van der Waals surface area (Å²) in [5.41, 5.74) is 4.18. The van der Waals surface area contributed by atoms with Crippen molar-refractivity contribution in [3.63, 3.8) is 0 Å². The summed E-state index contributed by atoms with van der Waals surface area (Å²) >= 11 is 0. The predicted octanol–water partition coefficient (Wildman–Crippen LogP) is 5.34. The Balaban J connectivity index is 1.33. The van der Waals surface area contributed by atoms with Gasteiger partial charge in [0.05, 0.1) is 24.8 Å². The number of aromatic nitrogens is 2. The van der Waals surface area contributed by atoms with E-state index in [1.807, 2.05) is 59.5 Å². The number of nitrogens with zero attached hydrogens (tertiary/aromatic N) is 3. The lowest BCUT2D eigenvalue weighted by molar-refractivity contribution is -0.117. The van der Waals surface area contributed by atoms with Crippen LogP contribution in [0.4, 0.5) is 5.69 Å². The summed E-state index contributed by atoms with van der Waals surface area (Å²) in [7, 11) is 1.64. The molecule has 0 radical (unpaired) electrons. The van der Waals surface area contributed by atoms with E-state index in [1.165, 1.54) is 5.56 Å². The van der Waals surface area contributed by atoms with Crippen LogP contribution in [0.2, 0.25) is 0 Å². The second-order valence-corrected chi connectivity index (χ2v) is 8.73. The van der Waals surface area contributed by atoms with Gasteiger partial charge in [0, 0.05) is 31.1 Å². The van der Waals surface area contributed by atoms with Gasteiger partial charge in [-0.15, -0.1) is 0 Å². The van der Waals surface area contributed by atoms with Crippen LogP contribution >= 0.6 is 0 Å². The third-order valence-corrected chi connectivity index (χ3v) is 6.37. The molecular weight excluding hydrogens is 426 g/mol. The van der Waals surface area contributed by atoms with Crippen LogP contribution in [-0.4, -0.2) is 35.7 Å². The Morgan fingerprint density at radius 1 is 0.971 bits per heavy atom. The number of imidazole rings is 1. The summed E-state index contributed by atoms with van der Waals surface area (Å²) in [5.74, 6) is 2.80. The number of methoxy groups -OCH3 is 1. The second-order valence-electron chi connectivity index (χ2n) is 8.73. The van der Waals surface area contributed by atoms with E-state index in [4.69, 9.17) is 14.5 Å². The van der Waals surface area contributed by atoms with Gasteiger partial charge in [-0.3, -0.25) is 4.79 Å². The van der Waals surface area contributed by atoms with Crippen LogP contribution in [0.15, 0.2) is 72.8 Å². The van der Waals surface area contributed by atoms with Gasteiger partial charge in [0.25, 0.3) is 0 Å². The number of carbonyl (C=O) groups is 1. The number of ether oxygens (including phenoxy) is 2. The molecule has 1 aromatic heterocycles. The van der Waals surface area contributed by atoms with E-state index in [2.05, 4.69) is 29.7 Å². The molecule has 0 bridgehead atoms. The first-order valence-electron chi connectivity index (χ1n) is 11.7. The molecule has 1 atom stereocenters. The monoisotopic (exact) mass is 455 g/mol. The maximum absolute atomic E-state index is 12.9. The van der Waals surface area contributed by atoms with E-state index < -0.39 is 0 Å². The highest BCUT2D eigenvalue weighted by atomic mass is 16.5. The van der Waals surface area contributed by atoms with Gasteiger partial charge in [-0.05, 0) is 61.9 Å². The van der Waals surface area contributed by atoms with Gasteiger partial charge < -0.3 is 18.9 Å². The first-order chi connectivity index (χ1) is 16.6. The van der Waals surface area contributed by atoms with Gasteiger partial charge in [0.1, 0.15) is 17.3 Å². The molecule has 3 aromatic carbocycles. The van der Waals surface area contributed by atoms with Crippen LogP contribution < -0.4 is 14.4 Å². The van der Waals surface area contributed by atoms with Crippen LogP contribution in [0.5, 0.6) is 11.5 Å². The summed E-state index contributed by atoms with van der Waals surface area (Å²) in [5, 5.41) is 0. The molecule has 1 aliphatic rings. The number of amides is 1. The SMILES string of the molecule is COc1ccc(N2CC(c3nc4ccccc4n3CCCOc3ccc(C)cc3)CC2=O)cc1. The van der Waals surface area contributed by atoms with Gasteiger partial charge in [0.2, 0.25) is 5.91 Å². The fourth-order valence-electron chi connectivity index (χ4n) is 4.58. The average Bonchev–Trinajstić information content (AvgIpc) is 3.43. The average molecular weight is 456 g/mol. The van der Waals surface area contributed by atoms with Crippen molar-refractivity contribution in [3.8, 4) is 11.5 Å². The van der Waals surface area contributed by atoms with Crippen molar-refractivity contribution in [2.75, 3.05) is 25.2 Å². The molecule has 4 aromatic rings. The predicted molar refractivity (Wildman–Crippen MR) is 134 cm³/mol. The summed E-state index contributed by atoms with van der Waals surface area (Å²) in [6.07, 6.45) is 1.30. The van der Waals surface area contributed by atoms with Crippen molar-refractivity contribution in [2.24, 2.45) is 0 Å². The van der Waals surface area contributed by atoms with Crippen LogP contribution in [0.3, 0.4) is 0 Å². The molecule has 1 amide bonds. The summed E-state index contributed by atoms with van der Waals surface area (Å²) in [4.78, 5) is 19.7. The molecule has 34 heavy (non-hydrogen) atoms. The molecule has 174 valence electrons. The number of aryl methyl sites for hydroxylation is 2. The molecule has 0 spiro atoms. The molecule has 0 aliphatic carbocycles. The Bertz CT molecular complexity index is 1280. The molecule has 1 aliphatic heterocycles. The van der Waals surface area contributed by atoms with E-state index in [0.717, 1.165) is 47.0 Å². The van der Waals surface area contributed by atoms with Gasteiger partial charge >= 0.3 is 0 Å². The first-order valence-corrected chi connectivity index (χ1v) is 11.7. The number of benzene rings is 3. The lowest BCUT2D eigenvalue weighted by Crippen LogP contribution is -2.24. The number of para-hydroxylation sites is 2. The zero-order chi connectivity index (χ0) is 23.5. The smallest absolute Gasteiger partial charge is 0.227 e. The quantitative estimate of drug-likeness (QED) is 0.337. The minimum absolute atomic E-state index is 0.0417. The lowest BCUT2D eigenvalue weighted by atomic mass is 10.1. The van der Waals surface area contributed by atoms with Gasteiger partial charge in [-0.1, -0.05) is 29.8 Å². The van der Waals surface area contributed by atoms with E-state index >= 15 is 0 Å². The topological polar surface area (TPSA) is 56.6 Å². The lowest BCUT2D eigenvalue weighted by Gasteiger charge is -2.18. The van der Waals surface area contributed by atoms with Crippen LogP contribution in [0, 0.1) is 6.92 Å². The number of rotatable bonds is 8. The fraction of sp³-hybridized carbons (Fsp3) is 0.286. The van der Waals surface area contributed by atoms with Gasteiger partial charge in [0.15, 0.2) is 0 Å². The number of fused-ring (bicyclic) bond motifs is 1. The number of anilines is 1. The normalized spacial score (nSPS) is 15.8. The Morgan fingerprint density at radius 2 is 1.71 bits per heavy atom. The molecule has 6 nitrogen and oxygen atoms in total. The largest absolute Gasteiger partial charge is 0.497 e. The molecular formula is C28H29N3O3. The molecule has 0 N–H and O–H groups in total.